The summed E-state index contributed by atoms with van der Waals surface area (Å²) in [5.74, 6) is 0.352. The molecule has 1 aromatic carbocycles. The summed E-state index contributed by atoms with van der Waals surface area (Å²) < 4.78 is 13.8. The lowest BCUT2D eigenvalue weighted by Gasteiger charge is -2.40. The van der Waals surface area contributed by atoms with Crippen LogP contribution in [0.25, 0.3) is 0 Å². The molecule has 0 radical (unpaired) electrons. The minimum atomic E-state index is -0.347. The average Bonchev–Trinajstić information content (AvgIpc) is 2.53. The SMILES string of the molecule is CN(C(=O)C1CCC2CCCCC2N1)c1ccccc1F. The van der Waals surface area contributed by atoms with Crippen molar-refractivity contribution in [1.29, 1.82) is 0 Å². The van der Waals surface area contributed by atoms with Crippen molar-refractivity contribution >= 4 is 11.6 Å². The molecule has 2 fully saturated rings. The minimum absolute atomic E-state index is 0.0240. The summed E-state index contributed by atoms with van der Waals surface area (Å²) in [7, 11) is 1.66. The summed E-state index contributed by atoms with van der Waals surface area (Å²) in [6.07, 6.45) is 6.98. The lowest BCUT2D eigenvalue weighted by molar-refractivity contribution is -0.121. The fourth-order valence-corrected chi connectivity index (χ4v) is 3.77. The Hall–Kier alpha value is -1.42. The molecule has 1 saturated carbocycles. The summed E-state index contributed by atoms with van der Waals surface area (Å²) >= 11 is 0. The number of para-hydroxylation sites is 1. The number of nitrogens with one attached hydrogen (secondary N) is 1. The van der Waals surface area contributed by atoms with Crippen molar-refractivity contribution in [3.63, 3.8) is 0 Å². The first kappa shape index (κ1) is 14.5. The Labute approximate surface area is 125 Å². The summed E-state index contributed by atoms with van der Waals surface area (Å²) in [6, 6.07) is 6.74. The summed E-state index contributed by atoms with van der Waals surface area (Å²) in [5.41, 5.74) is 0.357. The second-order valence-electron chi connectivity index (χ2n) is 6.30. The zero-order valence-corrected chi connectivity index (χ0v) is 12.5. The number of carbonyl (C=O) groups is 1. The fourth-order valence-electron chi connectivity index (χ4n) is 3.77. The van der Waals surface area contributed by atoms with E-state index in [0.717, 1.165) is 25.2 Å². The molecule has 0 aromatic heterocycles. The van der Waals surface area contributed by atoms with Crippen LogP contribution in [0, 0.1) is 11.7 Å². The van der Waals surface area contributed by atoms with Gasteiger partial charge in [0.05, 0.1) is 11.7 Å². The maximum absolute atomic E-state index is 13.8. The molecule has 3 nitrogen and oxygen atoms in total. The number of benzene rings is 1. The van der Waals surface area contributed by atoms with Crippen molar-refractivity contribution in [1.82, 2.24) is 5.32 Å². The van der Waals surface area contributed by atoms with Gasteiger partial charge < -0.3 is 10.2 Å². The zero-order chi connectivity index (χ0) is 14.8. The van der Waals surface area contributed by atoms with Gasteiger partial charge in [0.2, 0.25) is 5.91 Å². The van der Waals surface area contributed by atoms with E-state index in [-0.39, 0.29) is 17.8 Å². The number of likely N-dealkylation sites (N-methyl/N-ethyl adjacent to an activating group) is 1. The van der Waals surface area contributed by atoms with Crippen molar-refractivity contribution in [3.05, 3.63) is 30.1 Å². The number of hydrogen-bond acceptors (Lipinski definition) is 2. The van der Waals surface area contributed by atoms with E-state index >= 15 is 0 Å². The zero-order valence-electron chi connectivity index (χ0n) is 12.5. The Bertz CT molecular complexity index is 519. The van der Waals surface area contributed by atoms with Gasteiger partial charge in [-0.3, -0.25) is 4.79 Å². The van der Waals surface area contributed by atoms with Gasteiger partial charge in [-0.1, -0.05) is 25.0 Å². The van der Waals surface area contributed by atoms with Crippen molar-refractivity contribution in [3.8, 4) is 0 Å². The largest absolute Gasteiger partial charge is 0.311 e. The van der Waals surface area contributed by atoms with E-state index < -0.39 is 0 Å². The molecule has 1 aliphatic heterocycles. The third-order valence-corrected chi connectivity index (χ3v) is 4.99. The number of fused-ring (bicyclic) bond motifs is 1. The topological polar surface area (TPSA) is 32.3 Å². The third-order valence-electron chi connectivity index (χ3n) is 4.99. The van der Waals surface area contributed by atoms with Gasteiger partial charge in [-0.05, 0) is 43.7 Å². The molecular formula is C17H23FN2O. The lowest BCUT2D eigenvalue weighted by atomic mass is 9.77. The van der Waals surface area contributed by atoms with Crippen LogP contribution in [-0.4, -0.2) is 25.0 Å². The summed E-state index contributed by atoms with van der Waals surface area (Å²) in [4.78, 5) is 14.1. The number of amides is 1. The number of halogens is 1. The maximum Gasteiger partial charge on any atom is 0.243 e. The number of anilines is 1. The highest BCUT2D eigenvalue weighted by atomic mass is 19.1. The van der Waals surface area contributed by atoms with Crippen molar-refractivity contribution in [2.45, 2.75) is 50.6 Å². The molecule has 1 aliphatic carbocycles. The first-order valence-electron chi connectivity index (χ1n) is 7.95. The van der Waals surface area contributed by atoms with Crippen LogP contribution in [0.3, 0.4) is 0 Å². The van der Waals surface area contributed by atoms with Gasteiger partial charge in [0.25, 0.3) is 0 Å². The third kappa shape index (κ3) is 2.95. The van der Waals surface area contributed by atoms with Crippen LogP contribution in [0.4, 0.5) is 10.1 Å². The molecule has 1 N–H and O–H groups in total. The van der Waals surface area contributed by atoms with E-state index in [9.17, 15) is 9.18 Å². The smallest absolute Gasteiger partial charge is 0.243 e. The van der Waals surface area contributed by atoms with E-state index in [1.165, 1.54) is 30.2 Å². The number of carbonyl (C=O) groups excluding carboxylic acids is 1. The first-order valence-corrected chi connectivity index (χ1v) is 7.95. The van der Waals surface area contributed by atoms with Crippen LogP contribution in [0.1, 0.15) is 38.5 Å². The molecular weight excluding hydrogens is 267 g/mol. The lowest BCUT2D eigenvalue weighted by Crippen LogP contribution is -2.55. The Morgan fingerprint density at radius 1 is 1.19 bits per heavy atom. The quantitative estimate of drug-likeness (QED) is 0.907. The Morgan fingerprint density at radius 2 is 1.95 bits per heavy atom. The van der Waals surface area contributed by atoms with Gasteiger partial charge in [0, 0.05) is 13.1 Å². The van der Waals surface area contributed by atoms with Crippen LogP contribution in [0.2, 0.25) is 0 Å². The van der Waals surface area contributed by atoms with E-state index in [0.29, 0.717) is 11.7 Å². The standard InChI is InChI=1S/C17H23FN2O/c1-20(16-9-5-3-7-13(16)18)17(21)15-11-10-12-6-2-4-8-14(12)19-15/h3,5,7,9,12,14-15,19H,2,4,6,8,10-11H2,1H3. The van der Waals surface area contributed by atoms with E-state index in [1.807, 2.05) is 0 Å². The van der Waals surface area contributed by atoms with Gasteiger partial charge in [0.1, 0.15) is 5.82 Å². The Morgan fingerprint density at radius 3 is 2.76 bits per heavy atom. The minimum Gasteiger partial charge on any atom is -0.311 e. The molecule has 3 atom stereocenters. The van der Waals surface area contributed by atoms with E-state index in [4.69, 9.17) is 0 Å². The molecule has 114 valence electrons. The molecule has 1 saturated heterocycles. The number of nitrogens with zero attached hydrogens (tertiary/aromatic N) is 1. The summed E-state index contributed by atoms with van der Waals surface area (Å²) in [5, 5.41) is 3.51. The Kier molecular flexibility index (Phi) is 4.24. The molecule has 0 bridgehead atoms. The van der Waals surface area contributed by atoms with Crippen LogP contribution in [-0.2, 0) is 4.79 Å². The normalized spacial score (nSPS) is 28.8. The molecule has 1 aromatic rings. The van der Waals surface area contributed by atoms with E-state index in [1.54, 1.807) is 25.2 Å². The summed E-state index contributed by atoms with van der Waals surface area (Å²) in [6.45, 7) is 0. The first-order chi connectivity index (χ1) is 10.2. The van der Waals surface area contributed by atoms with Gasteiger partial charge >= 0.3 is 0 Å². The predicted octanol–water partition coefficient (Wildman–Crippen LogP) is 3.10. The molecule has 1 heterocycles. The predicted molar refractivity (Wildman–Crippen MR) is 81.7 cm³/mol. The maximum atomic E-state index is 13.8. The Balaban J connectivity index is 1.69. The second-order valence-corrected chi connectivity index (χ2v) is 6.30. The van der Waals surface area contributed by atoms with Gasteiger partial charge in [-0.25, -0.2) is 4.39 Å². The van der Waals surface area contributed by atoms with Crippen LogP contribution in [0.15, 0.2) is 24.3 Å². The number of hydrogen-bond donors (Lipinski definition) is 1. The van der Waals surface area contributed by atoms with Crippen molar-refractivity contribution in [2.24, 2.45) is 5.92 Å². The molecule has 3 rings (SSSR count). The highest BCUT2D eigenvalue weighted by Gasteiger charge is 2.35. The van der Waals surface area contributed by atoms with Gasteiger partial charge in [0.15, 0.2) is 0 Å². The van der Waals surface area contributed by atoms with Gasteiger partial charge in [-0.2, -0.15) is 0 Å². The average molecular weight is 290 g/mol. The van der Waals surface area contributed by atoms with Gasteiger partial charge in [-0.15, -0.1) is 0 Å². The monoisotopic (exact) mass is 290 g/mol. The highest BCUT2D eigenvalue weighted by molar-refractivity contribution is 5.96. The number of piperidine rings is 1. The molecule has 2 aliphatic rings. The van der Waals surface area contributed by atoms with Crippen LogP contribution >= 0.6 is 0 Å². The number of rotatable bonds is 2. The van der Waals surface area contributed by atoms with Crippen molar-refractivity contribution in [2.75, 3.05) is 11.9 Å². The highest BCUT2D eigenvalue weighted by Crippen LogP contribution is 2.33. The molecule has 3 unspecified atom stereocenters. The molecule has 4 heteroatoms. The van der Waals surface area contributed by atoms with Crippen LogP contribution in [0.5, 0.6) is 0 Å². The fraction of sp³-hybridized carbons (Fsp3) is 0.588. The van der Waals surface area contributed by atoms with Crippen molar-refractivity contribution < 1.29 is 9.18 Å². The second kappa shape index (κ2) is 6.14. The van der Waals surface area contributed by atoms with E-state index in [2.05, 4.69) is 5.32 Å². The van der Waals surface area contributed by atoms with Crippen LogP contribution < -0.4 is 10.2 Å². The molecule has 21 heavy (non-hydrogen) atoms. The molecule has 0 spiro atoms. The molecule has 1 amide bonds.